The lowest BCUT2D eigenvalue weighted by Gasteiger charge is -2.18. The van der Waals surface area contributed by atoms with E-state index in [2.05, 4.69) is 28.2 Å². The zero-order valence-electron chi connectivity index (χ0n) is 23.5. The molecular formula is C32H38N4O3S. The molecule has 8 heteroatoms. The van der Waals surface area contributed by atoms with Gasteiger partial charge in [-0.25, -0.2) is 13.2 Å². The van der Waals surface area contributed by atoms with Crippen LogP contribution in [0.4, 0.5) is 10.5 Å². The Kier molecular flexibility index (Phi) is 9.45. The van der Waals surface area contributed by atoms with Crippen molar-refractivity contribution in [3.8, 4) is 0 Å². The summed E-state index contributed by atoms with van der Waals surface area (Å²) >= 11 is 0. The van der Waals surface area contributed by atoms with Crippen LogP contribution in [0.2, 0.25) is 0 Å². The standard InChI is InChI=1S/C32H38N4O3S/c1-5-22(2)15-28(18-33-4)30-17-29(40(38,39)21-24-11-12-26-19-34-20-27(26)16-24)13-14-31(30)36-32(37)35-23(3)25-9-7-6-8-10-25/h6-18,23,33-34H,5,19-21H2,1-4H3,(H2,35,36,37)/b22-15+,28-18+. The fourth-order valence-electron chi connectivity index (χ4n) is 4.71. The van der Waals surface area contributed by atoms with Crippen molar-refractivity contribution in [3.05, 3.63) is 112 Å². The third-order valence-electron chi connectivity index (χ3n) is 7.07. The molecule has 3 aromatic carbocycles. The number of amides is 2. The Morgan fingerprint density at radius 1 is 1.02 bits per heavy atom. The highest BCUT2D eigenvalue weighted by Crippen LogP contribution is 2.31. The Morgan fingerprint density at radius 2 is 1.77 bits per heavy atom. The molecule has 40 heavy (non-hydrogen) atoms. The molecule has 3 aromatic rings. The smallest absolute Gasteiger partial charge is 0.319 e. The van der Waals surface area contributed by atoms with E-state index in [0.29, 0.717) is 11.3 Å². The highest BCUT2D eigenvalue weighted by molar-refractivity contribution is 7.90. The van der Waals surface area contributed by atoms with Crippen LogP contribution >= 0.6 is 0 Å². The van der Waals surface area contributed by atoms with Crippen LogP contribution in [0.3, 0.4) is 0 Å². The maximum atomic E-state index is 13.6. The topological polar surface area (TPSA) is 99.3 Å². The van der Waals surface area contributed by atoms with Crippen LogP contribution in [-0.4, -0.2) is 21.5 Å². The van der Waals surface area contributed by atoms with E-state index < -0.39 is 9.84 Å². The second-order valence-corrected chi connectivity index (χ2v) is 12.1. The number of carbonyl (C=O) groups is 1. The first kappa shape index (κ1) is 29.1. The lowest BCUT2D eigenvalue weighted by Crippen LogP contribution is -2.31. The summed E-state index contributed by atoms with van der Waals surface area (Å²) in [5, 5.41) is 12.3. The van der Waals surface area contributed by atoms with Crippen LogP contribution in [0, 0.1) is 0 Å². The average Bonchev–Trinajstić information content (AvgIpc) is 3.41. The number of rotatable bonds is 10. The third kappa shape index (κ3) is 7.20. The number of hydrogen-bond donors (Lipinski definition) is 4. The van der Waals surface area contributed by atoms with Crippen molar-refractivity contribution in [1.29, 1.82) is 0 Å². The van der Waals surface area contributed by atoms with Gasteiger partial charge in [-0.2, -0.15) is 0 Å². The molecule has 2 amide bonds. The van der Waals surface area contributed by atoms with Gasteiger partial charge in [0.2, 0.25) is 0 Å². The van der Waals surface area contributed by atoms with Gasteiger partial charge in [0.25, 0.3) is 0 Å². The summed E-state index contributed by atoms with van der Waals surface area (Å²) in [6.07, 6.45) is 4.66. The van der Waals surface area contributed by atoms with Crippen LogP contribution in [-0.2, 0) is 28.7 Å². The largest absolute Gasteiger partial charge is 0.393 e. The number of urea groups is 1. The summed E-state index contributed by atoms with van der Waals surface area (Å²) < 4.78 is 27.2. The molecule has 0 aliphatic carbocycles. The number of allylic oxidation sites excluding steroid dienone is 3. The molecule has 1 atom stereocenters. The molecular weight excluding hydrogens is 520 g/mol. The lowest BCUT2D eigenvalue weighted by atomic mass is 10.0. The van der Waals surface area contributed by atoms with Gasteiger partial charge in [-0.05, 0) is 66.3 Å². The molecule has 0 fully saturated rings. The fourth-order valence-corrected chi connectivity index (χ4v) is 6.06. The minimum Gasteiger partial charge on any atom is -0.393 e. The summed E-state index contributed by atoms with van der Waals surface area (Å²) in [5.74, 6) is -0.101. The van der Waals surface area contributed by atoms with Gasteiger partial charge < -0.3 is 21.3 Å². The normalized spacial score (nSPS) is 14.4. The molecule has 0 aromatic heterocycles. The van der Waals surface area contributed by atoms with Crippen molar-refractivity contribution in [3.63, 3.8) is 0 Å². The lowest BCUT2D eigenvalue weighted by molar-refractivity contribution is 0.249. The minimum atomic E-state index is -3.65. The number of hydrogen-bond acceptors (Lipinski definition) is 5. The highest BCUT2D eigenvalue weighted by Gasteiger charge is 2.21. The Bertz CT molecular complexity index is 1530. The quantitative estimate of drug-likeness (QED) is 0.227. The zero-order valence-corrected chi connectivity index (χ0v) is 24.4. The maximum absolute atomic E-state index is 13.6. The van der Waals surface area contributed by atoms with Gasteiger partial charge in [-0.15, -0.1) is 0 Å². The molecule has 0 saturated heterocycles. The maximum Gasteiger partial charge on any atom is 0.319 e. The van der Waals surface area contributed by atoms with E-state index in [1.807, 2.05) is 74.7 Å². The fraction of sp³-hybridized carbons (Fsp3) is 0.281. The summed E-state index contributed by atoms with van der Waals surface area (Å²) in [7, 11) is -1.86. The van der Waals surface area contributed by atoms with E-state index in [1.54, 1.807) is 25.2 Å². The predicted octanol–water partition coefficient (Wildman–Crippen LogP) is 6.06. The van der Waals surface area contributed by atoms with Crippen LogP contribution in [0.25, 0.3) is 5.57 Å². The van der Waals surface area contributed by atoms with Crippen molar-refractivity contribution >= 4 is 27.1 Å². The van der Waals surface area contributed by atoms with Gasteiger partial charge in [0.15, 0.2) is 9.84 Å². The van der Waals surface area contributed by atoms with E-state index >= 15 is 0 Å². The number of fused-ring (bicyclic) bond motifs is 1. The van der Waals surface area contributed by atoms with Crippen LogP contribution in [0.15, 0.2) is 89.5 Å². The van der Waals surface area contributed by atoms with Crippen molar-refractivity contribution in [2.75, 3.05) is 12.4 Å². The van der Waals surface area contributed by atoms with E-state index in [1.165, 1.54) is 5.56 Å². The van der Waals surface area contributed by atoms with E-state index in [-0.39, 0.29) is 22.7 Å². The van der Waals surface area contributed by atoms with Gasteiger partial charge in [0.1, 0.15) is 0 Å². The molecule has 0 spiro atoms. The monoisotopic (exact) mass is 558 g/mol. The highest BCUT2D eigenvalue weighted by atomic mass is 32.2. The second-order valence-electron chi connectivity index (χ2n) is 10.1. The first-order valence-electron chi connectivity index (χ1n) is 13.6. The van der Waals surface area contributed by atoms with E-state index in [0.717, 1.165) is 47.3 Å². The first-order chi connectivity index (χ1) is 19.2. The SMILES string of the molecule is CC/C(C)=C/C(=C\NC)c1cc(S(=O)(=O)Cc2ccc3c(c2)CNC3)ccc1NC(=O)NC(C)c1ccccc1. The Balaban J connectivity index is 1.66. The first-order valence-corrected chi connectivity index (χ1v) is 15.2. The van der Waals surface area contributed by atoms with Crippen LogP contribution in [0.5, 0.6) is 0 Å². The zero-order chi connectivity index (χ0) is 28.7. The Morgan fingerprint density at radius 3 is 2.50 bits per heavy atom. The molecule has 0 saturated carbocycles. The van der Waals surface area contributed by atoms with Crippen LogP contribution in [0.1, 0.15) is 61.1 Å². The van der Waals surface area contributed by atoms with Crippen molar-refractivity contribution in [2.45, 2.75) is 57.0 Å². The van der Waals surface area contributed by atoms with Gasteiger partial charge >= 0.3 is 6.03 Å². The number of nitrogens with one attached hydrogen (secondary N) is 4. The second kappa shape index (κ2) is 13.0. The van der Waals surface area contributed by atoms with Gasteiger partial charge in [-0.3, -0.25) is 0 Å². The number of benzene rings is 3. The number of sulfone groups is 1. The predicted molar refractivity (Wildman–Crippen MR) is 162 cm³/mol. The van der Waals surface area contributed by atoms with Crippen LogP contribution < -0.4 is 21.3 Å². The third-order valence-corrected chi connectivity index (χ3v) is 8.76. The summed E-state index contributed by atoms with van der Waals surface area (Å²) in [6.45, 7) is 7.56. The molecule has 7 nitrogen and oxygen atoms in total. The van der Waals surface area contributed by atoms with Gasteiger partial charge in [0.05, 0.1) is 22.4 Å². The average molecular weight is 559 g/mol. The van der Waals surface area contributed by atoms with E-state index in [4.69, 9.17) is 0 Å². The number of carbonyl (C=O) groups excluding carboxylic acids is 1. The Labute approximate surface area is 237 Å². The van der Waals surface area contributed by atoms with Crippen molar-refractivity contribution in [2.24, 2.45) is 0 Å². The molecule has 0 radical (unpaired) electrons. The van der Waals surface area contributed by atoms with Gasteiger partial charge in [-0.1, -0.05) is 67.1 Å². The summed E-state index contributed by atoms with van der Waals surface area (Å²) in [5.41, 5.74) is 7.11. The molecule has 1 aliphatic heterocycles. The molecule has 1 aliphatic rings. The molecule has 210 valence electrons. The van der Waals surface area contributed by atoms with Crippen molar-refractivity contribution < 1.29 is 13.2 Å². The molecule has 1 unspecified atom stereocenters. The summed E-state index contributed by atoms with van der Waals surface area (Å²) in [6, 6.07) is 19.9. The van der Waals surface area contributed by atoms with Gasteiger partial charge in [0, 0.05) is 31.9 Å². The molecule has 4 rings (SSSR count). The minimum absolute atomic E-state index is 0.101. The Hall–Kier alpha value is -3.88. The molecule has 1 heterocycles. The molecule has 0 bridgehead atoms. The van der Waals surface area contributed by atoms with E-state index in [9.17, 15) is 13.2 Å². The molecule has 4 N–H and O–H groups in total. The number of anilines is 1. The summed E-state index contributed by atoms with van der Waals surface area (Å²) in [4.78, 5) is 13.2. The van der Waals surface area contributed by atoms with Crippen molar-refractivity contribution in [1.82, 2.24) is 16.0 Å².